The second-order valence-electron chi connectivity index (χ2n) is 13.6. The molecule has 2 N–H and O–H groups in total. The van der Waals surface area contributed by atoms with Crippen molar-refractivity contribution in [1.29, 1.82) is 0 Å². The first-order valence-corrected chi connectivity index (χ1v) is 22.6. The van der Waals surface area contributed by atoms with Gasteiger partial charge in [-0.1, -0.05) is 113 Å². The lowest BCUT2D eigenvalue weighted by molar-refractivity contribution is -0.131. The van der Waals surface area contributed by atoms with E-state index in [1.54, 1.807) is 18.2 Å². The van der Waals surface area contributed by atoms with Gasteiger partial charge in [-0.2, -0.15) is 0 Å². The van der Waals surface area contributed by atoms with Crippen LogP contribution in [0.1, 0.15) is 39.3 Å². The number of hydrogen-bond donors (Lipinski definition) is 2. The van der Waals surface area contributed by atoms with Gasteiger partial charge in [-0.25, -0.2) is 12.7 Å². The third-order valence-electron chi connectivity index (χ3n) is 7.87. The van der Waals surface area contributed by atoms with E-state index < -0.39 is 50.0 Å². The van der Waals surface area contributed by atoms with Crippen molar-refractivity contribution in [3.8, 4) is 5.75 Å². The summed E-state index contributed by atoms with van der Waals surface area (Å²) in [6.45, 7) is 12.6. The lowest BCUT2D eigenvalue weighted by Gasteiger charge is -2.44. The molecule has 0 radical (unpaired) electrons. The summed E-state index contributed by atoms with van der Waals surface area (Å²) in [4.78, 5) is 25.7. The van der Waals surface area contributed by atoms with Crippen molar-refractivity contribution in [2.24, 2.45) is 0 Å². The van der Waals surface area contributed by atoms with Crippen LogP contribution < -0.4 is 20.4 Å². The van der Waals surface area contributed by atoms with E-state index in [9.17, 15) is 23.1 Å². The third kappa shape index (κ3) is 8.54. The summed E-state index contributed by atoms with van der Waals surface area (Å²) in [5, 5.41) is 14.4. The molecule has 12 heteroatoms. The molecule has 0 aliphatic rings. The van der Waals surface area contributed by atoms with Crippen LogP contribution in [0.15, 0.2) is 78.9 Å². The normalized spacial score (nSPS) is 13.2. The van der Waals surface area contributed by atoms with E-state index in [1.165, 1.54) is 14.0 Å². The summed E-state index contributed by atoms with van der Waals surface area (Å²) >= 11 is 0. The number of aliphatic hydroxyl groups is 1. The summed E-state index contributed by atoms with van der Waals surface area (Å²) in [6.07, 6.45) is 0. The Morgan fingerprint density at radius 1 is 0.913 bits per heavy atom. The smallest absolute Gasteiger partial charge is 0.262 e. The van der Waals surface area contributed by atoms with Crippen molar-refractivity contribution in [2.45, 2.75) is 64.5 Å². The number of aliphatic hydroxyl groups excluding tert-OH is 1. The molecule has 3 aromatic rings. The predicted molar refractivity (Wildman–Crippen MR) is 189 cm³/mol. The van der Waals surface area contributed by atoms with Crippen LogP contribution in [0.3, 0.4) is 0 Å². The van der Waals surface area contributed by atoms with Crippen LogP contribution >= 0.6 is 0 Å². The fraction of sp³-hybridized carbons (Fsp3) is 0.412. The highest BCUT2D eigenvalue weighted by molar-refractivity contribution is 7.89. The first-order chi connectivity index (χ1) is 21.5. The molecule has 0 saturated carbocycles. The van der Waals surface area contributed by atoms with Gasteiger partial charge in [-0.05, 0) is 27.5 Å². The Bertz CT molecular complexity index is 1550. The van der Waals surface area contributed by atoms with Gasteiger partial charge in [0.15, 0.2) is 0 Å². The zero-order chi connectivity index (χ0) is 34.3. The molecule has 0 aliphatic heterocycles. The van der Waals surface area contributed by atoms with Crippen molar-refractivity contribution in [2.75, 3.05) is 31.4 Å². The fourth-order valence-corrected chi connectivity index (χ4v) is 14.9. The molecule has 1 atom stereocenters. The van der Waals surface area contributed by atoms with E-state index in [0.717, 1.165) is 14.7 Å². The van der Waals surface area contributed by atoms with E-state index >= 15 is 0 Å². The first-order valence-electron chi connectivity index (χ1n) is 15.3. The highest BCUT2D eigenvalue weighted by Crippen LogP contribution is 2.41. The van der Waals surface area contributed by atoms with Crippen molar-refractivity contribution in [1.82, 2.24) is 4.31 Å². The maximum Gasteiger partial charge on any atom is 0.262 e. The van der Waals surface area contributed by atoms with Gasteiger partial charge in [-0.3, -0.25) is 9.59 Å². The summed E-state index contributed by atoms with van der Waals surface area (Å²) in [6, 6.07) is 23.9. The number of sulfonamides is 1. The van der Waals surface area contributed by atoms with Gasteiger partial charge in [-0.15, -0.1) is 0 Å². The van der Waals surface area contributed by atoms with Crippen LogP contribution in [0.25, 0.3) is 0 Å². The predicted octanol–water partition coefficient (Wildman–Crippen LogP) is 4.76. The Morgan fingerprint density at radius 2 is 1.46 bits per heavy atom. The van der Waals surface area contributed by atoms with Gasteiger partial charge in [0, 0.05) is 20.6 Å². The van der Waals surface area contributed by atoms with Crippen LogP contribution in [-0.4, -0.2) is 72.1 Å². The van der Waals surface area contributed by atoms with Crippen LogP contribution in [-0.2, 0) is 24.0 Å². The SMILES string of the molecule is COc1c(NC(C)=O)cccc1[C@H](CO[Si](c1ccccc1)(c1ccccc1)C(C)(C)C)N(C(=O)CO)S(=O)(=O)CC[Si](C)(C)C. The molecular weight excluding hydrogens is 637 g/mol. The first kappa shape index (κ1) is 37.2. The minimum Gasteiger partial charge on any atom is -0.494 e. The second kappa shape index (κ2) is 15.1. The van der Waals surface area contributed by atoms with Crippen molar-refractivity contribution in [3.05, 3.63) is 84.4 Å². The number of methoxy groups -OCH3 is 1. The second-order valence-corrected chi connectivity index (χ2v) is 25.5. The van der Waals surface area contributed by atoms with Crippen LogP contribution in [0.4, 0.5) is 5.69 Å². The number of nitrogens with zero attached hydrogens (tertiary/aromatic N) is 1. The lowest BCUT2D eigenvalue weighted by atomic mass is 10.0. The number of nitrogens with one attached hydrogen (secondary N) is 1. The molecule has 250 valence electrons. The van der Waals surface area contributed by atoms with E-state index in [0.29, 0.717) is 17.3 Å². The molecule has 0 heterocycles. The van der Waals surface area contributed by atoms with Gasteiger partial charge in [0.2, 0.25) is 15.9 Å². The summed E-state index contributed by atoms with van der Waals surface area (Å²) < 4.78 is 42.1. The molecular formula is C34H48N2O7SSi2. The molecule has 0 aliphatic carbocycles. The fourth-order valence-electron chi connectivity index (χ4n) is 5.71. The monoisotopic (exact) mass is 684 g/mol. The zero-order valence-electron chi connectivity index (χ0n) is 28.2. The van der Waals surface area contributed by atoms with E-state index in [1.807, 2.05) is 60.7 Å². The quantitative estimate of drug-likeness (QED) is 0.235. The third-order valence-corrected chi connectivity index (χ3v) is 16.8. The van der Waals surface area contributed by atoms with Gasteiger partial charge in [0.1, 0.15) is 12.4 Å². The van der Waals surface area contributed by atoms with Gasteiger partial charge in [0.25, 0.3) is 14.2 Å². The molecule has 2 amide bonds. The number of hydrogen-bond acceptors (Lipinski definition) is 7. The molecule has 46 heavy (non-hydrogen) atoms. The number of anilines is 1. The Morgan fingerprint density at radius 3 is 1.89 bits per heavy atom. The molecule has 0 aromatic heterocycles. The average Bonchev–Trinajstić information content (AvgIpc) is 2.99. The Balaban J connectivity index is 2.34. The summed E-state index contributed by atoms with van der Waals surface area (Å²) in [7, 11) is -7.90. The average molecular weight is 685 g/mol. The maximum absolute atomic E-state index is 14.2. The van der Waals surface area contributed by atoms with Gasteiger partial charge < -0.3 is 19.6 Å². The maximum atomic E-state index is 14.2. The topological polar surface area (TPSA) is 122 Å². The molecule has 9 nitrogen and oxygen atoms in total. The van der Waals surface area contributed by atoms with E-state index in [-0.39, 0.29) is 24.0 Å². The number of amides is 2. The zero-order valence-corrected chi connectivity index (χ0v) is 31.0. The Hall–Kier alpha value is -3.30. The number of carbonyl (C=O) groups excluding carboxylic acids is 2. The number of ether oxygens (including phenoxy) is 1. The highest BCUT2D eigenvalue weighted by atomic mass is 32.2. The Labute approximate surface area is 276 Å². The summed E-state index contributed by atoms with van der Waals surface area (Å²) in [5.41, 5.74) is 0.643. The minimum absolute atomic E-state index is 0.199. The number of para-hydroxylation sites is 1. The molecule has 3 aromatic carbocycles. The summed E-state index contributed by atoms with van der Waals surface area (Å²) in [5.74, 6) is -1.39. The largest absolute Gasteiger partial charge is 0.494 e. The van der Waals surface area contributed by atoms with E-state index in [4.69, 9.17) is 9.16 Å². The Kier molecular flexibility index (Phi) is 12.2. The molecule has 0 fully saturated rings. The molecule has 3 rings (SSSR count). The van der Waals surface area contributed by atoms with Crippen molar-refractivity contribution >= 4 is 54.3 Å². The molecule has 0 bridgehead atoms. The van der Waals surface area contributed by atoms with Crippen LogP contribution in [0.2, 0.25) is 30.7 Å². The van der Waals surface area contributed by atoms with Crippen molar-refractivity contribution in [3.63, 3.8) is 0 Å². The van der Waals surface area contributed by atoms with E-state index in [2.05, 4.69) is 45.7 Å². The molecule has 0 spiro atoms. The van der Waals surface area contributed by atoms with Crippen LogP contribution in [0, 0.1) is 0 Å². The van der Waals surface area contributed by atoms with Crippen LogP contribution in [0.5, 0.6) is 5.75 Å². The molecule has 0 saturated heterocycles. The van der Waals surface area contributed by atoms with Gasteiger partial charge in [0.05, 0.1) is 31.2 Å². The highest BCUT2D eigenvalue weighted by Gasteiger charge is 2.51. The molecule has 0 unspecified atom stereocenters. The number of carbonyl (C=O) groups is 2. The minimum atomic E-state index is -4.26. The van der Waals surface area contributed by atoms with Crippen molar-refractivity contribution < 1.29 is 32.3 Å². The lowest BCUT2D eigenvalue weighted by Crippen LogP contribution is -2.67. The number of benzene rings is 3. The number of rotatable bonds is 14. The van der Waals surface area contributed by atoms with Gasteiger partial charge >= 0.3 is 0 Å². The standard InChI is InChI=1S/C34H48N2O7SSi2/c1-26(38)35-30-21-15-20-29(33(30)42-5)31(36(32(39)24-37)44(40,41)22-23-45(6,7)8)25-43-46(34(2,3)4,27-16-11-9-12-17-27)28-18-13-10-14-19-28/h9-21,31,37H,22-25H2,1-8H3,(H,35,38)/t31-/m0/s1.